The van der Waals surface area contributed by atoms with E-state index in [4.69, 9.17) is 20.3 Å². The Morgan fingerprint density at radius 2 is 1.74 bits per heavy atom. The summed E-state index contributed by atoms with van der Waals surface area (Å²) in [5.74, 6) is 1.34. The van der Waals surface area contributed by atoms with Crippen LogP contribution in [-0.4, -0.2) is 12.2 Å². The van der Waals surface area contributed by atoms with Crippen LogP contribution < -0.4 is 15.2 Å². The molecule has 4 heteroatoms. The monoisotopic (exact) mass is 259 g/mol. The van der Waals surface area contributed by atoms with Crippen molar-refractivity contribution in [2.45, 2.75) is 13.2 Å². The van der Waals surface area contributed by atoms with E-state index in [2.05, 4.69) is 0 Å². The van der Waals surface area contributed by atoms with Crippen molar-refractivity contribution < 1.29 is 14.6 Å². The molecule has 0 radical (unpaired) electrons. The van der Waals surface area contributed by atoms with E-state index in [1.165, 1.54) is 0 Å². The average molecular weight is 259 g/mol. The zero-order valence-corrected chi connectivity index (χ0v) is 10.8. The van der Waals surface area contributed by atoms with Crippen LogP contribution in [0.15, 0.2) is 42.5 Å². The molecular formula is C15H17NO3. The molecule has 0 aliphatic heterocycles. The fourth-order valence-corrected chi connectivity index (χ4v) is 1.69. The largest absolute Gasteiger partial charge is 0.497 e. The fourth-order valence-electron chi connectivity index (χ4n) is 1.69. The summed E-state index contributed by atoms with van der Waals surface area (Å²) < 4.78 is 10.7. The van der Waals surface area contributed by atoms with E-state index in [-0.39, 0.29) is 6.61 Å². The summed E-state index contributed by atoms with van der Waals surface area (Å²) in [5.41, 5.74) is 8.32. The number of anilines is 1. The predicted molar refractivity (Wildman–Crippen MR) is 74.1 cm³/mol. The molecule has 2 rings (SSSR count). The zero-order valence-electron chi connectivity index (χ0n) is 10.8. The van der Waals surface area contributed by atoms with Crippen LogP contribution in [-0.2, 0) is 13.2 Å². The van der Waals surface area contributed by atoms with Gasteiger partial charge in [-0.25, -0.2) is 0 Å². The van der Waals surface area contributed by atoms with Crippen LogP contribution >= 0.6 is 0 Å². The third-order valence-electron chi connectivity index (χ3n) is 2.82. The quantitative estimate of drug-likeness (QED) is 0.809. The number of hydrogen-bond acceptors (Lipinski definition) is 4. The molecule has 0 aliphatic rings. The van der Waals surface area contributed by atoms with E-state index in [9.17, 15) is 0 Å². The van der Waals surface area contributed by atoms with Crippen LogP contribution in [0.1, 0.15) is 11.1 Å². The summed E-state index contributed by atoms with van der Waals surface area (Å²) in [6.45, 7) is 0.481. The van der Waals surface area contributed by atoms with Gasteiger partial charge in [0.1, 0.15) is 18.1 Å². The maximum absolute atomic E-state index is 8.96. The molecule has 100 valence electrons. The Labute approximate surface area is 112 Å². The minimum atomic E-state index is 0.0482. The summed E-state index contributed by atoms with van der Waals surface area (Å²) in [6, 6.07) is 12.9. The van der Waals surface area contributed by atoms with Crippen molar-refractivity contribution in [1.29, 1.82) is 0 Å². The smallest absolute Gasteiger partial charge is 0.142 e. The van der Waals surface area contributed by atoms with E-state index in [0.29, 0.717) is 23.8 Å². The Kier molecular flexibility index (Phi) is 4.26. The number of hydrogen-bond donors (Lipinski definition) is 2. The Morgan fingerprint density at radius 3 is 2.32 bits per heavy atom. The SMILES string of the molecule is COc1ccc(OCc2ccc(CO)cc2)c(N)c1. The molecular weight excluding hydrogens is 242 g/mol. The topological polar surface area (TPSA) is 64.7 Å². The van der Waals surface area contributed by atoms with Gasteiger partial charge in [0.2, 0.25) is 0 Å². The molecule has 0 bridgehead atoms. The molecule has 0 saturated carbocycles. The normalized spacial score (nSPS) is 10.2. The number of ether oxygens (including phenoxy) is 2. The highest BCUT2D eigenvalue weighted by molar-refractivity contribution is 5.56. The van der Waals surface area contributed by atoms with E-state index >= 15 is 0 Å². The van der Waals surface area contributed by atoms with Crippen LogP contribution in [0.5, 0.6) is 11.5 Å². The highest BCUT2D eigenvalue weighted by atomic mass is 16.5. The van der Waals surface area contributed by atoms with Crippen LogP contribution in [0.25, 0.3) is 0 Å². The maximum atomic E-state index is 8.96. The lowest BCUT2D eigenvalue weighted by Crippen LogP contribution is -1.99. The zero-order chi connectivity index (χ0) is 13.7. The van der Waals surface area contributed by atoms with E-state index in [1.807, 2.05) is 24.3 Å². The van der Waals surface area contributed by atoms with Crippen molar-refractivity contribution in [3.63, 3.8) is 0 Å². The molecule has 0 aliphatic carbocycles. The maximum Gasteiger partial charge on any atom is 0.142 e. The van der Waals surface area contributed by atoms with Crippen LogP contribution in [0.3, 0.4) is 0 Å². The molecule has 2 aromatic rings. The van der Waals surface area contributed by atoms with Gasteiger partial charge in [-0.1, -0.05) is 24.3 Å². The second kappa shape index (κ2) is 6.11. The van der Waals surface area contributed by atoms with Gasteiger partial charge in [0.15, 0.2) is 0 Å². The van der Waals surface area contributed by atoms with E-state index in [0.717, 1.165) is 11.1 Å². The summed E-state index contributed by atoms with van der Waals surface area (Å²) in [7, 11) is 1.60. The lowest BCUT2D eigenvalue weighted by molar-refractivity contribution is 0.281. The standard InChI is InChI=1S/C15H17NO3/c1-18-13-6-7-15(14(16)8-13)19-10-12-4-2-11(9-17)3-5-12/h2-8,17H,9-10,16H2,1H3. The number of aliphatic hydroxyl groups excluding tert-OH is 1. The van der Waals surface area contributed by atoms with Crippen molar-refractivity contribution in [2.75, 3.05) is 12.8 Å². The minimum absolute atomic E-state index is 0.0482. The van der Waals surface area contributed by atoms with Gasteiger partial charge < -0.3 is 20.3 Å². The first-order valence-electron chi connectivity index (χ1n) is 5.98. The molecule has 0 heterocycles. The molecule has 0 aromatic heterocycles. The third-order valence-corrected chi connectivity index (χ3v) is 2.82. The van der Waals surface area contributed by atoms with Gasteiger partial charge in [-0.05, 0) is 23.3 Å². The predicted octanol–water partition coefficient (Wildman–Crippen LogP) is 2.35. The van der Waals surface area contributed by atoms with Gasteiger partial charge in [0.05, 0.1) is 19.4 Å². The van der Waals surface area contributed by atoms with Crippen LogP contribution in [0.4, 0.5) is 5.69 Å². The Bertz CT molecular complexity index is 538. The van der Waals surface area contributed by atoms with Crippen molar-refractivity contribution in [1.82, 2.24) is 0 Å². The number of benzene rings is 2. The molecule has 19 heavy (non-hydrogen) atoms. The highest BCUT2D eigenvalue weighted by Crippen LogP contribution is 2.26. The first-order valence-corrected chi connectivity index (χ1v) is 5.98. The Morgan fingerprint density at radius 1 is 1.05 bits per heavy atom. The Balaban J connectivity index is 2.01. The van der Waals surface area contributed by atoms with Crippen molar-refractivity contribution >= 4 is 5.69 Å². The minimum Gasteiger partial charge on any atom is -0.497 e. The molecule has 0 amide bonds. The second-order valence-corrected chi connectivity index (χ2v) is 4.17. The number of nitrogens with two attached hydrogens (primary N) is 1. The molecule has 3 N–H and O–H groups in total. The summed E-state index contributed by atoms with van der Waals surface area (Å²) in [5, 5.41) is 8.96. The molecule has 4 nitrogen and oxygen atoms in total. The Hall–Kier alpha value is -2.20. The number of nitrogen functional groups attached to an aromatic ring is 1. The lowest BCUT2D eigenvalue weighted by atomic mass is 10.1. The van der Waals surface area contributed by atoms with E-state index < -0.39 is 0 Å². The molecule has 0 atom stereocenters. The highest BCUT2D eigenvalue weighted by Gasteiger charge is 2.03. The molecule has 0 spiro atoms. The molecule has 0 unspecified atom stereocenters. The third kappa shape index (κ3) is 3.39. The first-order chi connectivity index (χ1) is 9.22. The van der Waals surface area contributed by atoms with E-state index in [1.54, 1.807) is 25.3 Å². The average Bonchev–Trinajstić information content (AvgIpc) is 2.46. The molecule has 0 fully saturated rings. The fraction of sp³-hybridized carbons (Fsp3) is 0.200. The van der Waals surface area contributed by atoms with Gasteiger partial charge in [-0.2, -0.15) is 0 Å². The van der Waals surface area contributed by atoms with Gasteiger partial charge in [-0.15, -0.1) is 0 Å². The summed E-state index contributed by atoms with van der Waals surface area (Å²) >= 11 is 0. The molecule has 0 saturated heterocycles. The summed E-state index contributed by atoms with van der Waals surface area (Å²) in [6.07, 6.45) is 0. The number of aliphatic hydroxyl groups is 1. The first kappa shape index (κ1) is 13.2. The van der Waals surface area contributed by atoms with Gasteiger partial charge in [0, 0.05) is 6.07 Å². The van der Waals surface area contributed by atoms with Crippen molar-refractivity contribution in [3.8, 4) is 11.5 Å². The second-order valence-electron chi connectivity index (χ2n) is 4.17. The van der Waals surface area contributed by atoms with Crippen LogP contribution in [0.2, 0.25) is 0 Å². The number of methoxy groups -OCH3 is 1. The number of rotatable bonds is 5. The van der Waals surface area contributed by atoms with Gasteiger partial charge in [0.25, 0.3) is 0 Å². The van der Waals surface area contributed by atoms with Crippen LogP contribution in [0, 0.1) is 0 Å². The van der Waals surface area contributed by atoms with Gasteiger partial charge in [-0.3, -0.25) is 0 Å². The summed E-state index contributed by atoms with van der Waals surface area (Å²) in [4.78, 5) is 0. The van der Waals surface area contributed by atoms with Gasteiger partial charge >= 0.3 is 0 Å². The molecule has 2 aromatic carbocycles. The van der Waals surface area contributed by atoms with Crippen molar-refractivity contribution in [3.05, 3.63) is 53.6 Å². The lowest BCUT2D eigenvalue weighted by Gasteiger charge is -2.10. The van der Waals surface area contributed by atoms with Crippen molar-refractivity contribution in [2.24, 2.45) is 0 Å².